The highest BCUT2D eigenvalue weighted by Gasteiger charge is 2.34. The minimum absolute atomic E-state index is 0.00300. The van der Waals surface area contributed by atoms with Crippen LogP contribution >= 0.6 is 11.6 Å². The molecule has 1 aromatic rings. The van der Waals surface area contributed by atoms with E-state index in [0.29, 0.717) is 26.2 Å². The molecule has 1 aliphatic heterocycles. The van der Waals surface area contributed by atoms with Gasteiger partial charge >= 0.3 is 0 Å². The molecule has 1 N–H and O–H groups in total. The zero-order valence-electron chi connectivity index (χ0n) is 12.6. The molecular formula is C14H19ClN4O3. The van der Waals surface area contributed by atoms with Crippen molar-refractivity contribution < 1.29 is 9.59 Å². The van der Waals surface area contributed by atoms with Crippen LogP contribution in [0.25, 0.3) is 0 Å². The first-order valence-corrected chi connectivity index (χ1v) is 7.59. The van der Waals surface area contributed by atoms with Gasteiger partial charge in [-0.05, 0) is 19.9 Å². The summed E-state index contributed by atoms with van der Waals surface area (Å²) in [6, 6.07) is 2.66. The van der Waals surface area contributed by atoms with Gasteiger partial charge in [0.25, 0.3) is 11.5 Å². The summed E-state index contributed by atoms with van der Waals surface area (Å²) in [5.41, 5.74) is -0.760. The van der Waals surface area contributed by atoms with E-state index in [1.54, 1.807) is 9.80 Å². The number of rotatable bonds is 3. The lowest BCUT2D eigenvalue weighted by Crippen LogP contribution is -2.53. The van der Waals surface area contributed by atoms with E-state index in [-0.39, 0.29) is 28.9 Å². The van der Waals surface area contributed by atoms with Crippen molar-refractivity contribution in [3.63, 3.8) is 0 Å². The SMILES string of the molecule is CC(C)(CCl)C(=O)N1CCN(C(=O)c2ccc(=O)[nH]n2)CC1. The number of amides is 2. The van der Waals surface area contributed by atoms with E-state index in [1.165, 1.54) is 12.1 Å². The Labute approximate surface area is 133 Å². The lowest BCUT2D eigenvalue weighted by molar-refractivity contribution is -0.140. The predicted octanol–water partition coefficient (Wildman–Crippen LogP) is 0.319. The average Bonchev–Trinajstić information content (AvgIpc) is 2.54. The fourth-order valence-corrected chi connectivity index (χ4v) is 2.34. The highest BCUT2D eigenvalue weighted by atomic mass is 35.5. The summed E-state index contributed by atoms with van der Waals surface area (Å²) in [6.45, 7) is 5.42. The zero-order chi connectivity index (χ0) is 16.3. The summed E-state index contributed by atoms with van der Waals surface area (Å²) in [5, 5.41) is 5.98. The Kier molecular flexibility index (Phi) is 4.85. The molecule has 0 bridgehead atoms. The first-order chi connectivity index (χ1) is 10.3. The van der Waals surface area contributed by atoms with Crippen molar-refractivity contribution >= 4 is 23.4 Å². The number of nitrogens with zero attached hydrogens (tertiary/aromatic N) is 3. The van der Waals surface area contributed by atoms with Crippen molar-refractivity contribution in [2.75, 3.05) is 32.1 Å². The summed E-state index contributed by atoms with van der Waals surface area (Å²) in [4.78, 5) is 38.9. The second-order valence-corrected chi connectivity index (χ2v) is 6.18. The topological polar surface area (TPSA) is 86.4 Å². The molecule has 22 heavy (non-hydrogen) atoms. The molecule has 1 aromatic heterocycles. The first kappa shape index (κ1) is 16.5. The molecule has 0 radical (unpaired) electrons. The number of alkyl halides is 1. The van der Waals surface area contributed by atoms with E-state index in [9.17, 15) is 14.4 Å². The molecule has 7 nitrogen and oxygen atoms in total. The lowest BCUT2D eigenvalue weighted by Gasteiger charge is -2.38. The Bertz CT molecular complexity index is 600. The van der Waals surface area contributed by atoms with Crippen LogP contribution in [0.1, 0.15) is 24.3 Å². The van der Waals surface area contributed by atoms with E-state index in [0.717, 1.165) is 0 Å². The Morgan fingerprint density at radius 1 is 1.23 bits per heavy atom. The minimum Gasteiger partial charge on any atom is -0.339 e. The number of aromatic amines is 1. The highest BCUT2D eigenvalue weighted by Crippen LogP contribution is 2.21. The van der Waals surface area contributed by atoms with Crippen LogP contribution < -0.4 is 5.56 Å². The van der Waals surface area contributed by atoms with Gasteiger partial charge in [-0.25, -0.2) is 5.10 Å². The number of halogens is 1. The molecule has 1 fully saturated rings. The summed E-state index contributed by atoms with van der Waals surface area (Å²) >= 11 is 5.83. The maximum atomic E-state index is 12.3. The van der Waals surface area contributed by atoms with E-state index in [1.807, 2.05) is 13.8 Å². The number of carbonyl (C=O) groups is 2. The molecule has 8 heteroatoms. The molecule has 0 aliphatic carbocycles. The molecule has 0 aromatic carbocycles. The van der Waals surface area contributed by atoms with E-state index >= 15 is 0 Å². The zero-order valence-corrected chi connectivity index (χ0v) is 13.4. The van der Waals surface area contributed by atoms with Crippen LogP contribution in [0.2, 0.25) is 0 Å². The number of aromatic nitrogens is 2. The third kappa shape index (κ3) is 3.47. The van der Waals surface area contributed by atoms with Gasteiger partial charge in [-0.1, -0.05) is 0 Å². The molecule has 0 spiro atoms. The normalized spacial score (nSPS) is 15.8. The summed E-state index contributed by atoms with van der Waals surface area (Å²) in [7, 11) is 0. The Morgan fingerprint density at radius 3 is 2.32 bits per heavy atom. The van der Waals surface area contributed by atoms with Crippen molar-refractivity contribution in [3.8, 4) is 0 Å². The van der Waals surface area contributed by atoms with Gasteiger partial charge in [-0.3, -0.25) is 14.4 Å². The van der Waals surface area contributed by atoms with Gasteiger partial charge in [0.2, 0.25) is 5.91 Å². The second-order valence-electron chi connectivity index (χ2n) is 5.91. The molecule has 1 saturated heterocycles. The monoisotopic (exact) mass is 326 g/mol. The molecule has 120 valence electrons. The average molecular weight is 327 g/mol. The van der Waals surface area contributed by atoms with Crippen LogP contribution in [0.5, 0.6) is 0 Å². The van der Waals surface area contributed by atoms with Crippen LogP contribution in [0, 0.1) is 5.41 Å². The molecule has 1 aliphatic rings. The summed E-state index contributed by atoms with van der Waals surface area (Å²) < 4.78 is 0. The first-order valence-electron chi connectivity index (χ1n) is 7.05. The van der Waals surface area contributed by atoms with Crippen LogP contribution in [0.3, 0.4) is 0 Å². The molecule has 0 unspecified atom stereocenters. The molecular weight excluding hydrogens is 308 g/mol. The molecule has 2 rings (SSSR count). The van der Waals surface area contributed by atoms with E-state index < -0.39 is 5.41 Å². The number of hydrogen-bond acceptors (Lipinski definition) is 4. The quantitative estimate of drug-likeness (QED) is 0.810. The Balaban J connectivity index is 1.97. The minimum atomic E-state index is -0.603. The largest absolute Gasteiger partial charge is 0.339 e. The van der Waals surface area contributed by atoms with Gasteiger partial charge < -0.3 is 9.80 Å². The van der Waals surface area contributed by atoms with Gasteiger partial charge in [-0.15, -0.1) is 11.6 Å². The van der Waals surface area contributed by atoms with Crippen LogP contribution in [-0.4, -0.2) is 63.9 Å². The highest BCUT2D eigenvalue weighted by molar-refractivity contribution is 6.19. The fraction of sp³-hybridized carbons (Fsp3) is 0.571. The number of hydrogen-bond donors (Lipinski definition) is 1. The number of H-pyrrole nitrogens is 1. The third-order valence-corrected chi connectivity index (χ3v) is 4.33. The fourth-order valence-electron chi connectivity index (χ4n) is 2.22. The van der Waals surface area contributed by atoms with Crippen molar-refractivity contribution in [1.29, 1.82) is 0 Å². The van der Waals surface area contributed by atoms with Gasteiger partial charge in [0.15, 0.2) is 0 Å². The Morgan fingerprint density at radius 2 is 1.82 bits per heavy atom. The van der Waals surface area contributed by atoms with Gasteiger partial charge in [-0.2, -0.15) is 5.10 Å². The lowest BCUT2D eigenvalue weighted by atomic mass is 9.94. The molecule has 2 heterocycles. The number of carbonyl (C=O) groups excluding carboxylic acids is 2. The maximum absolute atomic E-state index is 12.3. The summed E-state index contributed by atoms with van der Waals surface area (Å²) in [6.07, 6.45) is 0. The number of piperazine rings is 1. The summed E-state index contributed by atoms with van der Waals surface area (Å²) in [5.74, 6) is 0.00319. The standard InChI is InChI=1S/C14H19ClN4O3/c1-14(2,9-15)13(22)19-7-5-18(6-8-19)12(21)10-3-4-11(20)17-16-10/h3-4H,5-9H2,1-2H3,(H,17,20). The number of nitrogens with one attached hydrogen (secondary N) is 1. The van der Waals surface area contributed by atoms with Gasteiger partial charge in [0, 0.05) is 38.1 Å². The third-order valence-electron chi connectivity index (χ3n) is 3.67. The van der Waals surface area contributed by atoms with E-state index in [2.05, 4.69) is 10.2 Å². The van der Waals surface area contributed by atoms with Crippen LogP contribution in [0.15, 0.2) is 16.9 Å². The van der Waals surface area contributed by atoms with Gasteiger partial charge in [0.1, 0.15) is 5.69 Å². The molecule has 0 atom stereocenters. The second kappa shape index (κ2) is 6.48. The molecule has 0 saturated carbocycles. The maximum Gasteiger partial charge on any atom is 0.274 e. The smallest absolute Gasteiger partial charge is 0.274 e. The molecule has 2 amide bonds. The van der Waals surface area contributed by atoms with Crippen molar-refractivity contribution in [3.05, 3.63) is 28.2 Å². The van der Waals surface area contributed by atoms with Crippen LogP contribution in [0.4, 0.5) is 0 Å². The predicted molar refractivity (Wildman–Crippen MR) is 81.8 cm³/mol. The van der Waals surface area contributed by atoms with Gasteiger partial charge in [0.05, 0.1) is 5.41 Å². The van der Waals surface area contributed by atoms with E-state index in [4.69, 9.17) is 11.6 Å². The van der Waals surface area contributed by atoms with Crippen molar-refractivity contribution in [2.45, 2.75) is 13.8 Å². The van der Waals surface area contributed by atoms with Crippen molar-refractivity contribution in [2.24, 2.45) is 5.41 Å². The van der Waals surface area contributed by atoms with Crippen LogP contribution in [-0.2, 0) is 4.79 Å². The van der Waals surface area contributed by atoms with Crippen molar-refractivity contribution in [1.82, 2.24) is 20.0 Å². The Hall–Kier alpha value is -1.89.